The third-order valence-corrected chi connectivity index (χ3v) is 3.41. The van der Waals surface area contributed by atoms with Crippen molar-refractivity contribution in [1.82, 2.24) is 15.1 Å². The van der Waals surface area contributed by atoms with E-state index in [1.165, 1.54) is 12.8 Å². The molecule has 4 heteroatoms. The third-order valence-electron chi connectivity index (χ3n) is 2.88. The number of aromatic nitrogens is 2. The first-order chi connectivity index (χ1) is 8.31. The fourth-order valence-corrected chi connectivity index (χ4v) is 1.99. The van der Waals surface area contributed by atoms with Crippen molar-refractivity contribution >= 4 is 15.9 Å². The van der Waals surface area contributed by atoms with Crippen LogP contribution in [0.5, 0.6) is 0 Å². The lowest BCUT2D eigenvalue weighted by Crippen LogP contribution is -2.15. The molecule has 0 spiro atoms. The van der Waals surface area contributed by atoms with Gasteiger partial charge in [-0.1, -0.05) is 15.9 Å². The van der Waals surface area contributed by atoms with Gasteiger partial charge >= 0.3 is 0 Å². The Kier molecular flexibility index (Phi) is 2.99. The van der Waals surface area contributed by atoms with E-state index in [1.54, 1.807) is 0 Å². The topological polar surface area (TPSA) is 29.9 Å². The fraction of sp³-hybridized carbons (Fsp3) is 0.308. The molecule has 1 aliphatic rings. The summed E-state index contributed by atoms with van der Waals surface area (Å²) >= 11 is 3.43. The highest BCUT2D eigenvalue weighted by Crippen LogP contribution is 2.19. The van der Waals surface area contributed by atoms with Crippen LogP contribution in [0.2, 0.25) is 0 Å². The van der Waals surface area contributed by atoms with Crippen molar-refractivity contribution in [2.24, 2.45) is 0 Å². The van der Waals surface area contributed by atoms with E-state index in [1.807, 2.05) is 23.0 Å². The van der Waals surface area contributed by atoms with E-state index >= 15 is 0 Å². The highest BCUT2D eigenvalue weighted by Gasteiger charge is 2.20. The van der Waals surface area contributed by atoms with Crippen LogP contribution in [0.3, 0.4) is 0 Å². The molecule has 1 aromatic carbocycles. The lowest BCUT2D eigenvalue weighted by molar-refractivity contribution is 0.665. The molecule has 1 aromatic heterocycles. The predicted molar refractivity (Wildman–Crippen MR) is 71.1 cm³/mol. The predicted octanol–water partition coefficient (Wildman–Crippen LogP) is 2.89. The number of rotatable bonds is 4. The van der Waals surface area contributed by atoms with E-state index in [0.29, 0.717) is 0 Å². The maximum atomic E-state index is 4.55. The molecule has 0 unspecified atom stereocenters. The maximum Gasteiger partial charge on any atom is 0.0766 e. The zero-order chi connectivity index (χ0) is 11.7. The van der Waals surface area contributed by atoms with Crippen molar-refractivity contribution in [2.45, 2.75) is 25.4 Å². The Morgan fingerprint density at radius 3 is 2.71 bits per heavy atom. The van der Waals surface area contributed by atoms with Crippen molar-refractivity contribution in [3.05, 3.63) is 46.7 Å². The summed E-state index contributed by atoms with van der Waals surface area (Å²) in [5.41, 5.74) is 2.19. The van der Waals surface area contributed by atoms with E-state index in [-0.39, 0.29) is 0 Å². The number of benzene rings is 1. The molecule has 0 radical (unpaired) electrons. The molecule has 0 atom stereocenters. The second-order valence-corrected chi connectivity index (χ2v) is 5.30. The highest BCUT2D eigenvalue weighted by molar-refractivity contribution is 9.10. The van der Waals surface area contributed by atoms with Crippen LogP contribution in [0.1, 0.15) is 18.5 Å². The molecule has 2 aromatic rings. The third kappa shape index (κ3) is 2.76. The van der Waals surface area contributed by atoms with Crippen molar-refractivity contribution in [1.29, 1.82) is 0 Å². The summed E-state index contributed by atoms with van der Waals surface area (Å²) in [7, 11) is 0. The van der Waals surface area contributed by atoms with Crippen LogP contribution in [-0.2, 0) is 6.54 Å². The molecule has 1 N–H and O–H groups in total. The van der Waals surface area contributed by atoms with E-state index in [2.05, 4.69) is 44.5 Å². The summed E-state index contributed by atoms with van der Waals surface area (Å²) < 4.78 is 3.00. The molecular formula is C13H14BrN3. The largest absolute Gasteiger partial charge is 0.308 e. The van der Waals surface area contributed by atoms with E-state index in [4.69, 9.17) is 0 Å². The first-order valence-electron chi connectivity index (χ1n) is 5.85. The van der Waals surface area contributed by atoms with Gasteiger partial charge in [-0.3, -0.25) is 0 Å². The summed E-state index contributed by atoms with van der Waals surface area (Å²) in [4.78, 5) is 0. The second-order valence-electron chi connectivity index (χ2n) is 4.38. The van der Waals surface area contributed by atoms with Gasteiger partial charge in [0, 0.05) is 23.3 Å². The molecule has 0 aliphatic heterocycles. The number of hydrogen-bond acceptors (Lipinski definition) is 2. The van der Waals surface area contributed by atoms with Crippen LogP contribution in [0.15, 0.2) is 41.0 Å². The fourth-order valence-electron chi connectivity index (χ4n) is 1.73. The highest BCUT2D eigenvalue weighted by atomic mass is 79.9. The second kappa shape index (κ2) is 4.63. The Morgan fingerprint density at radius 1 is 1.24 bits per heavy atom. The van der Waals surface area contributed by atoms with Gasteiger partial charge in [0.1, 0.15) is 0 Å². The van der Waals surface area contributed by atoms with Gasteiger partial charge in [0.15, 0.2) is 0 Å². The summed E-state index contributed by atoms with van der Waals surface area (Å²) in [6.07, 6.45) is 4.63. The Balaban J connectivity index is 1.72. The van der Waals surface area contributed by atoms with Crippen LogP contribution >= 0.6 is 15.9 Å². The molecule has 0 saturated heterocycles. The minimum absolute atomic E-state index is 0.729. The van der Waals surface area contributed by atoms with Gasteiger partial charge < -0.3 is 5.32 Å². The number of hydrogen-bond donors (Lipinski definition) is 1. The van der Waals surface area contributed by atoms with E-state index < -0.39 is 0 Å². The summed E-state index contributed by atoms with van der Waals surface area (Å²) in [5, 5.41) is 8.01. The van der Waals surface area contributed by atoms with Gasteiger partial charge in [0.2, 0.25) is 0 Å². The molecule has 1 aliphatic carbocycles. The number of nitrogens with one attached hydrogen (secondary N) is 1. The van der Waals surface area contributed by atoms with Crippen molar-refractivity contribution < 1.29 is 0 Å². The smallest absolute Gasteiger partial charge is 0.0766 e. The van der Waals surface area contributed by atoms with Gasteiger partial charge in [0.05, 0.1) is 11.4 Å². The van der Waals surface area contributed by atoms with Gasteiger partial charge in [0.25, 0.3) is 0 Å². The van der Waals surface area contributed by atoms with Gasteiger partial charge in [-0.15, -0.1) is 0 Å². The van der Waals surface area contributed by atoms with Crippen LogP contribution in [0, 0.1) is 0 Å². The maximum absolute atomic E-state index is 4.55. The SMILES string of the molecule is Brc1ccc(-n2ccc(CNC3CC3)n2)cc1. The average Bonchev–Trinajstić information content (AvgIpc) is 3.06. The Labute approximate surface area is 109 Å². The summed E-state index contributed by atoms with van der Waals surface area (Å²) in [6.45, 7) is 0.869. The zero-order valence-corrected chi connectivity index (χ0v) is 11.0. The molecule has 3 rings (SSSR count). The Bertz CT molecular complexity index is 500. The van der Waals surface area contributed by atoms with Gasteiger partial charge in [-0.05, 0) is 43.2 Å². The standard InChI is InChI=1S/C13H14BrN3/c14-10-1-5-13(6-2-10)17-8-7-12(16-17)9-15-11-3-4-11/h1-2,5-8,11,15H,3-4,9H2. The molecular weight excluding hydrogens is 278 g/mol. The number of nitrogens with zero attached hydrogens (tertiary/aromatic N) is 2. The minimum Gasteiger partial charge on any atom is -0.308 e. The van der Waals surface area contributed by atoms with Crippen LogP contribution in [-0.4, -0.2) is 15.8 Å². The minimum atomic E-state index is 0.729. The van der Waals surface area contributed by atoms with Crippen LogP contribution in [0.25, 0.3) is 5.69 Å². The molecule has 1 fully saturated rings. The van der Waals surface area contributed by atoms with Crippen LogP contribution < -0.4 is 5.32 Å². The van der Waals surface area contributed by atoms with Crippen molar-refractivity contribution in [2.75, 3.05) is 0 Å². The molecule has 17 heavy (non-hydrogen) atoms. The normalized spacial score (nSPS) is 15.1. The molecule has 0 bridgehead atoms. The van der Waals surface area contributed by atoms with Gasteiger partial charge in [-0.25, -0.2) is 4.68 Å². The average molecular weight is 292 g/mol. The lowest BCUT2D eigenvalue weighted by Gasteiger charge is -2.01. The Hall–Kier alpha value is -1.13. The molecule has 3 nitrogen and oxygen atoms in total. The zero-order valence-electron chi connectivity index (χ0n) is 9.44. The molecule has 88 valence electrons. The van der Waals surface area contributed by atoms with Crippen molar-refractivity contribution in [3.8, 4) is 5.69 Å². The van der Waals surface area contributed by atoms with Crippen molar-refractivity contribution in [3.63, 3.8) is 0 Å². The molecule has 1 heterocycles. The van der Waals surface area contributed by atoms with E-state index in [0.717, 1.165) is 28.4 Å². The lowest BCUT2D eigenvalue weighted by atomic mass is 10.3. The quantitative estimate of drug-likeness (QED) is 0.939. The molecule has 0 amide bonds. The first kappa shape index (κ1) is 11.0. The monoisotopic (exact) mass is 291 g/mol. The first-order valence-corrected chi connectivity index (χ1v) is 6.64. The van der Waals surface area contributed by atoms with E-state index in [9.17, 15) is 0 Å². The van der Waals surface area contributed by atoms with Crippen LogP contribution in [0.4, 0.5) is 0 Å². The summed E-state index contributed by atoms with van der Waals surface area (Å²) in [5.74, 6) is 0. The molecule has 1 saturated carbocycles. The van der Waals surface area contributed by atoms with Gasteiger partial charge in [-0.2, -0.15) is 5.10 Å². The summed E-state index contributed by atoms with van der Waals surface area (Å²) in [6, 6.07) is 11.0. The Morgan fingerprint density at radius 2 is 2.00 bits per heavy atom. The number of halogens is 1.